The number of thiazole rings is 1. The molecule has 1 aliphatic rings. The van der Waals surface area contributed by atoms with Crippen LogP contribution in [0.25, 0.3) is 10.2 Å². The van der Waals surface area contributed by atoms with E-state index in [2.05, 4.69) is 15.6 Å². The van der Waals surface area contributed by atoms with Gasteiger partial charge in [0.1, 0.15) is 0 Å². The SMILES string of the molecule is O=C(Nc1ccc2nc(NC(=O)c3ccccc3)sc2c1)c1ccc2c(c1)OCO2. The molecule has 148 valence electrons. The first kappa shape index (κ1) is 18.1. The van der Waals surface area contributed by atoms with Gasteiger partial charge in [0.05, 0.1) is 10.2 Å². The van der Waals surface area contributed by atoms with Crippen LogP contribution in [0.15, 0.2) is 66.7 Å². The van der Waals surface area contributed by atoms with Gasteiger partial charge in [0, 0.05) is 16.8 Å². The van der Waals surface area contributed by atoms with Crippen LogP contribution in [0.3, 0.4) is 0 Å². The number of hydrogen-bond donors (Lipinski definition) is 2. The van der Waals surface area contributed by atoms with Crippen molar-refractivity contribution in [3.8, 4) is 11.5 Å². The fraction of sp³-hybridized carbons (Fsp3) is 0.0455. The monoisotopic (exact) mass is 417 g/mol. The predicted molar refractivity (Wildman–Crippen MR) is 115 cm³/mol. The van der Waals surface area contributed by atoms with Crippen molar-refractivity contribution < 1.29 is 19.1 Å². The number of nitrogens with zero attached hydrogens (tertiary/aromatic N) is 1. The molecule has 0 fully saturated rings. The molecular weight excluding hydrogens is 402 g/mol. The van der Waals surface area contributed by atoms with Crippen molar-refractivity contribution in [1.82, 2.24) is 4.98 Å². The minimum atomic E-state index is -0.255. The Morgan fingerprint density at radius 2 is 1.63 bits per heavy atom. The number of carbonyl (C=O) groups is 2. The third-order valence-electron chi connectivity index (χ3n) is 4.54. The molecule has 0 saturated carbocycles. The molecule has 30 heavy (non-hydrogen) atoms. The summed E-state index contributed by atoms with van der Waals surface area (Å²) in [5.74, 6) is 0.711. The second kappa shape index (κ2) is 7.49. The molecule has 0 aliphatic carbocycles. The van der Waals surface area contributed by atoms with Crippen LogP contribution in [0, 0.1) is 0 Å². The van der Waals surface area contributed by atoms with E-state index in [1.165, 1.54) is 11.3 Å². The quantitative estimate of drug-likeness (QED) is 0.509. The van der Waals surface area contributed by atoms with Crippen LogP contribution in [0.4, 0.5) is 10.8 Å². The highest BCUT2D eigenvalue weighted by Crippen LogP contribution is 2.33. The average molecular weight is 417 g/mol. The van der Waals surface area contributed by atoms with E-state index in [-0.39, 0.29) is 18.6 Å². The lowest BCUT2D eigenvalue weighted by atomic mass is 10.2. The molecule has 1 aliphatic heterocycles. The molecule has 0 atom stereocenters. The number of rotatable bonds is 4. The lowest BCUT2D eigenvalue weighted by molar-refractivity contribution is 0.101. The average Bonchev–Trinajstić information content (AvgIpc) is 3.39. The topological polar surface area (TPSA) is 89.6 Å². The van der Waals surface area contributed by atoms with Crippen LogP contribution in [0.2, 0.25) is 0 Å². The van der Waals surface area contributed by atoms with Crippen LogP contribution in [-0.2, 0) is 0 Å². The molecular formula is C22H15N3O4S. The van der Waals surface area contributed by atoms with E-state index in [1.54, 1.807) is 42.5 Å². The summed E-state index contributed by atoms with van der Waals surface area (Å²) in [6.45, 7) is 0.158. The van der Waals surface area contributed by atoms with Crippen molar-refractivity contribution in [3.63, 3.8) is 0 Å². The number of carbonyl (C=O) groups excluding carboxylic acids is 2. The van der Waals surface area contributed by atoms with Gasteiger partial charge < -0.3 is 14.8 Å². The normalized spacial score (nSPS) is 12.0. The van der Waals surface area contributed by atoms with Crippen LogP contribution in [-0.4, -0.2) is 23.6 Å². The van der Waals surface area contributed by atoms with E-state index < -0.39 is 0 Å². The number of hydrogen-bond acceptors (Lipinski definition) is 6. The number of fused-ring (bicyclic) bond motifs is 2. The van der Waals surface area contributed by atoms with Gasteiger partial charge >= 0.3 is 0 Å². The molecule has 2 N–H and O–H groups in total. The smallest absolute Gasteiger partial charge is 0.257 e. The Morgan fingerprint density at radius 1 is 0.833 bits per heavy atom. The first-order valence-corrected chi connectivity index (χ1v) is 9.95. The number of aromatic nitrogens is 1. The van der Waals surface area contributed by atoms with Crippen LogP contribution < -0.4 is 20.1 Å². The first-order valence-electron chi connectivity index (χ1n) is 9.14. The molecule has 0 saturated heterocycles. The fourth-order valence-corrected chi connectivity index (χ4v) is 3.96. The van der Waals surface area contributed by atoms with Gasteiger partial charge in [0.25, 0.3) is 11.8 Å². The van der Waals surface area contributed by atoms with E-state index >= 15 is 0 Å². The van der Waals surface area contributed by atoms with E-state index in [0.29, 0.717) is 33.4 Å². The molecule has 2 amide bonds. The summed E-state index contributed by atoms with van der Waals surface area (Å²) in [7, 11) is 0. The Labute approximate surface area is 175 Å². The Morgan fingerprint density at radius 3 is 2.50 bits per heavy atom. The summed E-state index contributed by atoms with van der Waals surface area (Å²) in [5, 5.41) is 6.18. The molecule has 2 heterocycles. The predicted octanol–water partition coefficient (Wildman–Crippen LogP) is 4.53. The van der Waals surface area contributed by atoms with Gasteiger partial charge in [0.15, 0.2) is 16.6 Å². The minimum Gasteiger partial charge on any atom is -0.454 e. The molecule has 7 nitrogen and oxygen atoms in total. The molecule has 0 unspecified atom stereocenters. The largest absolute Gasteiger partial charge is 0.454 e. The van der Waals surface area contributed by atoms with Crippen molar-refractivity contribution in [2.75, 3.05) is 17.4 Å². The summed E-state index contributed by atoms with van der Waals surface area (Å²) in [6, 6.07) is 19.4. The highest BCUT2D eigenvalue weighted by atomic mass is 32.1. The molecule has 0 radical (unpaired) electrons. The molecule has 1 aromatic heterocycles. The Balaban J connectivity index is 1.32. The number of anilines is 2. The molecule has 0 bridgehead atoms. The standard InChI is InChI=1S/C22H15N3O4S/c26-20(13-4-2-1-3-5-13)25-22-24-16-8-7-15(11-19(16)30-22)23-21(27)14-6-9-17-18(10-14)29-12-28-17/h1-11H,12H2,(H,23,27)(H,24,25,26). The summed E-state index contributed by atoms with van der Waals surface area (Å²) < 4.78 is 11.4. The maximum Gasteiger partial charge on any atom is 0.257 e. The van der Waals surface area contributed by atoms with Crippen molar-refractivity contribution in [3.05, 3.63) is 77.9 Å². The van der Waals surface area contributed by atoms with Crippen molar-refractivity contribution in [1.29, 1.82) is 0 Å². The number of amides is 2. The van der Waals surface area contributed by atoms with Crippen molar-refractivity contribution in [2.45, 2.75) is 0 Å². The van der Waals surface area contributed by atoms with Crippen LogP contribution in [0.5, 0.6) is 11.5 Å². The highest BCUT2D eigenvalue weighted by molar-refractivity contribution is 7.22. The van der Waals surface area contributed by atoms with Crippen molar-refractivity contribution >= 4 is 44.2 Å². The summed E-state index contributed by atoms with van der Waals surface area (Å²) in [6.07, 6.45) is 0. The maximum atomic E-state index is 12.6. The first-order chi connectivity index (χ1) is 14.7. The van der Waals surface area contributed by atoms with E-state index in [0.717, 1.165) is 10.2 Å². The van der Waals surface area contributed by atoms with Gasteiger partial charge in [-0.15, -0.1) is 0 Å². The van der Waals surface area contributed by atoms with E-state index in [9.17, 15) is 9.59 Å². The minimum absolute atomic E-state index is 0.158. The Hall–Kier alpha value is -3.91. The number of nitrogens with one attached hydrogen (secondary N) is 2. The Kier molecular flexibility index (Phi) is 4.53. The van der Waals surface area contributed by atoms with Gasteiger partial charge in [-0.2, -0.15) is 0 Å². The zero-order chi connectivity index (χ0) is 20.5. The summed E-state index contributed by atoms with van der Waals surface area (Å²) in [4.78, 5) is 29.3. The highest BCUT2D eigenvalue weighted by Gasteiger charge is 2.17. The van der Waals surface area contributed by atoms with Gasteiger partial charge in [-0.05, 0) is 48.5 Å². The van der Waals surface area contributed by atoms with Gasteiger partial charge in [-0.3, -0.25) is 14.9 Å². The summed E-state index contributed by atoms with van der Waals surface area (Å²) in [5.41, 5.74) is 2.41. The van der Waals surface area contributed by atoms with Crippen molar-refractivity contribution in [2.24, 2.45) is 0 Å². The van der Waals surface area contributed by atoms with E-state index in [4.69, 9.17) is 9.47 Å². The third-order valence-corrected chi connectivity index (χ3v) is 5.47. The second-order valence-electron chi connectivity index (χ2n) is 6.54. The van der Waals surface area contributed by atoms with E-state index in [1.807, 2.05) is 24.3 Å². The van der Waals surface area contributed by atoms with Crippen LogP contribution >= 0.6 is 11.3 Å². The Bertz CT molecular complexity index is 1270. The lowest BCUT2D eigenvalue weighted by Gasteiger charge is -2.06. The summed E-state index contributed by atoms with van der Waals surface area (Å²) >= 11 is 1.34. The molecule has 4 aromatic rings. The molecule has 5 rings (SSSR count). The molecule has 8 heteroatoms. The molecule has 3 aromatic carbocycles. The second-order valence-corrected chi connectivity index (χ2v) is 7.57. The lowest BCUT2D eigenvalue weighted by Crippen LogP contribution is -2.11. The number of benzene rings is 3. The van der Waals surface area contributed by atoms with Gasteiger partial charge in [-0.25, -0.2) is 4.98 Å². The zero-order valence-electron chi connectivity index (χ0n) is 15.5. The molecule has 0 spiro atoms. The zero-order valence-corrected chi connectivity index (χ0v) is 16.4. The fourth-order valence-electron chi connectivity index (χ4n) is 3.06. The number of ether oxygens (including phenoxy) is 2. The van der Waals surface area contributed by atoms with Gasteiger partial charge in [0.2, 0.25) is 6.79 Å². The van der Waals surface area contributed by atoms with Crippen LogP contribution in [0.1, 0.15) is 20.7 Å². The van der Waals surface area contributed by atoms with Gasteiger partial charge in [-0.1, -0.05) is 29.5 Å². The maximum absolute atomic E-state index is 12.6. The third kappa shape index (κ3) is 3.56.